The number of rotatable bonds is 4. The number of halogens is 2. The molecule has 0 fully saturated rings. The molecule has 0 saturated carbocycles. The fraction of sp³-hybridized carbons (Fsp3) is 0.400. The molecule has 1 aromatic rings. The van der Waals surface area contributed by atoms with Gasteiger partial charge in [-0.05, 0) is 25.1 Å². The van der Waals surface area contributed by atoms with Crippen molar-refractivity contribution in [3.05, 3.63) is 27.7 Å². The van der Waals surface area contributed by atoms with Gasteiger partial charge in [0.2, 0.25) is 0 Å². The maximum Gasteiger partial charge on any atom is 0.0661 e. The molecule has 14 heavy (non-hydrogen) atoms. The van der Waals surface area contributed by atoms with Crippen molar-refractivity contribution in [1.82, 2.24) is 0 Å². The summed E-state index contributed by atoms with van der Waals surface area (Å²) in [6.07, 6.45) is 0. The van der Waals surface area contributed by atoms with E-state index in [0.29, 0.717) is 11.6 Å². The van der Waals surface area contributed by atoms with E-state index in [-0.39, 0.29) is 6.04 Å². The van der Waals surface area contributed by atoms with Gasteiger partial charge in [0.1, 0.15) is 0 Å². The summed E-state index contributed by atoms with van der Waals surface area (Å²) in [6, 6.07) is 6.01. The van der Waals surface area contributed by atoms with E-state index in [9.17, 15) is 0 Å². The Hall–Kier alpha value is -0.250. The standard InChI is InChI=1S/C10H13BrClNO/c1-7(6-14-2)13-10-4-3-8(11)5-9(10)12/h3-5,7,13H,6H2,1-2H3. The number of methoxy groups -OCH3 is 1. The summed E-state index contributed by atoms with van der Waals surface area (Å²) < 4.78 is 6.00. The molecule has 4 heteroatoms. The van der Waals surface area contributed by atoms with E-state index >= 15 is 0 Å². The topological polar surface area (TPSA) is 21.3 Å². The second kappa shape index (κ2) is 5.59. The van der Waals surface area contributed by atoms with E-state index in [0.717, 1.165) is 10.2 Å². The molecule has 0 aromatic heterocycles. The lowest BCUT2D eigenvalue weighted by Crippen LogP contribution is -2.20. The lowest BCUT2D eigenvalue weighted by molar-refractivity contribution is 0.190. The fourth-order valence-electron chi connectivity index (χ4n) is 1.16. The van der Waals surface area contributed by atoms with Gasteiger partial charge in [-0.2, -0.15) is 0 Å². The van der Waals surface area contributed by atoms with Crippen molar-refractivity contribution in [2.45, 2.75) is 13.0 Å². The minimum absolute atomic E-state index is 0.249. The minimum atomic E-state index is 0.249. The molecule has 0 heterocycles. The summed E-state index contributed by atoms with van der Waals surface area (Å²) in [5, 5.41) is 3.97. The molecule has 1 rings (SSSR count). The molecule has 0 saturated heterocycles. The Kier molecular flexibility index (Phi) is 4.72. The summed E-state index contributed by atoms with van der Waals surface area (Å²) >= 11 is 9.40. The van der Waals surface area contributed by atoms with Crippen molar-refractivity contribution in [2.24, 2.45) is 0 Å². The predicted molar refractivity (Wildman–Crippen MR) is 64.1 cm³/mol. The maximum atomic E-state index is 6.04. The molecular weight excluding hydrogens is 265 g/mol. The van der Waals surface area contributed by atoms with Crippen LogP contribution in [0.25, 0.3) is 0 Å². The molecule has 1 N–H and O–H groups in total. The number of ether oxygens (including phenoxy) is 1. The lowest BCUT2D eigenvalue weighted by Gasteiger charge is -2.15. The second-order valence-corrected chi connectivity index (χ2v) is 4.45. The van der Waals surface area contributed by atoms with Gasteiger partial charge in [0.05, 0.1) is 17.3 Å². The van der Waals surface area contributed by atoms with Crippen LogP contribution in [0.1, 0.15) is 6.92 Å². The molecule has 1 aromatic carbocycles. The molecule has 78 valence electrons. The van der Waals surface area contributed by atoms with Gasteiger partial charge in [-0.3, -0.25) is 0 Å². The third-order valence-corrected chi connectivity index (χ3v) is 2.56. The summed E-state index contributed by atoms with van der Waals surface area (Å²) in [5.74, 6) is 0. The molecular formula is C10H13BrClNO. The monoisotopic (exact) mass is 277 g/mol. The van der Waals surface area contributed by atoms with Crippen molar-refractivity contribution >= 4 is 33.2 Å². The van der Waals surface area contributed by atoms with Crippen LogP contribution in [0.2, 0.25) is 5.02 Å². The number of hydrogen-bond donors (Lipinski definition) is 1. The van der Waals surface area contributed by atoms with Gasteiger partial charge < -0.3 is 10.1 Å². The van der Waals surface area contributed by atoms with Crippen LogP contribution in [0.3, 0.4) is 0 Å². The third-order valence-electron chi connectivity index (χ3n) is 1.75. The smallest absolute Gasteiger partial charge is 0.0661 e. The van der Waals surface area contributed by atoms with Gasteiger partial charge in [0.25, 0.3) is 0 Å². The molecule has 1 unspecified atom stereocenters. The lowest BCUT2D eigenvalue weighted by atomic mass is 10.3. The van der Waals surface area contributed by atoms with Crippen molar-refractivity contribution in [3.8, 4) is 0 Å². The highest BCUT2D eigenvalue weighted by Crippen LogP contribution is 2.26. The van der Waals surface area contributed by atoms with Crippen molar-refractivity contribution in [3.63, 3.8) is 0 Å². The van der Waals surface area contributed by atoms with Crippen LogP contribution in [-0.2, 0) is 4.74 Å². The van der Waals surface area contributed by atoms with Crippen LogP contribution in [0.4, 0.5) is 5.69 Å². The van der Waals surface area contributed by atoms with Crippen LogP contribution < -0.4 is 5.32 Å². The zero-order chi connectivity index (χ0) is 10.6. The predicted octanol–water partition coefficient (Wildman–Crippen LogP) is 3.55. The Bertz CT molecular complexity index is 306. The molecule has 0 aliphatic rings. The molecule has 0 radical (unpaired) electrons. The highest BCUT2D eigenvalue weighted by atomic mass is 79.9. The number of nitrogens with one attached hydrogen (secondary N) is 1. The number of hydrogen-bond acceptors (Lipinski definition) is 2. The molecule has 0 spiro atoms. The second-order valence-electron chi connectivity index (χ2n) is 3.12. The molecule has 0 bridgehead atoms. The highest BCUT2D eigenvalue weighted by Gasteiger charge is 2.04. The first-order valence-electron chi connectivity index (χ1n) is 4.34. The Morgan fingerprint density at radius 2 is 2.29 bits per heavy atom. The summed E-state index contributed by atoms with van der Waals surface area (Å²) in [4.78, 5) is 0. The Labute approximate surface area is 97.7 Å². The SMILES string of the molecule is COCC(C)Nc1ccc(Br)cc1Cl. The van der Waals surface area contributed by atoms with Crippen molar-refractivity contribution < 1.29 is 4.74 Å². The van der Waals surface area contributed by atoms with E-state index < -0.39 is 0 Å². The Balaban J connectivity index is 2.67. The van der Waals surface area contributed by atoms with Gasteiger partial charge in [-0.1, -0.05) is 27.5 Å². The van der Waals surface area contributed by atoms with Crippen molar-refractivity contribution in [2.75, 3.05) is 19.0 Å². The molecule has 2 nitrogen and oxygen atoms in total. The summed E-state index contributed by atoms with van der Waals surface area (Å²) in [5.41, 5.74) is 0.930. The van der Waals surface area contributed by atoms with E-state index in [1.165, 1.54) is 0 Å². The van der Waals surface area contributed by atoms with Crippen LogP contribution in [0.15, 0.2) is 22.7 Å². The molecule has 1 atom stereocenters. The van der Waals surface area contributed by atoms with Gasteiger partial charge in [0, 0.05) is 17.6 Å². The van der Waals surface area contributed by atoms with Gasteiger partial charge in [0.15, 0.2) is 0 Å². The summed E-state index contributed by atoms with van der Waals surface area (Å²) in [7, 11) is 1.68. The Morgan fingerprint density at radius 3 is 2.86 bits per heavy atom. The van der Waals surface area contributed by atoms with Gasteiger partial charge in [-0.25, -0.2) is 0 Å². The average Bonchev–Trinajstić information content (AvgIpc) is 2.10. The first kappa shape index (κ1) is 11.8. The van der Waals surface area contributed by atoms with Gasteiger partial charge >= 0.3 is 0 Å². The highest BCUT2D eigenvalue weighted by molar-refractivity contribution is 9.10. The van der Waals surface area contributed by atoms with Crippen LogP contribution >= 0.6 is 27.5 Å². The van der Waals surface area contributed by atoms with E-state index in [1.807, 2.05) is 25.1 Å². The quantitative estimate of drug-likeness (QED) is 0.909. The van der Waals surface area contributed by atoms with Crippen LogP contribution in [-0.4, -0.2) is 19.8 Å². The third kappa shape index (κ3) is 3.48. The zero-order valence-electron chi connectivity index (χ0n) is 8.18. The number of anilines is 1. The van der Waals surface area contributed by atoms with Crippen molar-refractivity contribution in [1.29, 1.82) is 0 Å². The average molecular weight is 279 g/mol. The molecule has 0 amide bonds. The first-order valence-corrected chi connectivity index (χ1v) is 5.51. The van der Waals surface area contributed by atoms with Gasteiger partial charge in [-0.15, -0.1) is 0 Å². The summed E-state index contributed by atoms with van der Waals surface area (Å²) in [6.45, 7) is 2.70. The van der Waals surface area contributed by atoms with E-state index in [4.69, 9.17) is 16.3 Å². The largest absolute Gasteiger partial charge is 0.383 e. The van der Waals surface area contributed by atoms with Crippen LogP contribution in [0.5, 0.6) is 0 Å². The minimum Gasteiger partial charge on any atom is -0.383 e. The van der Waals surface area contributed by atoms with Crippen LogP contribution in [0, 0.1) is 0 Å². The fourth-order valence-corrected chi connectivity index (χ4v) is 1.89. The molecule has 0 aliphatic carbocycles. The molecule has 0 aliphatic heterocycles. The van der Waals surface area contributed by atoms with E-state index in [1.54, 1.807) is 7.11 Å². The number of benzene rings is 1. The normalized spacial score (nSPS) is 12.6. The zero-order valence-corrected chi connectivity index (χ0v) is 10.5. The first-order chi connectivity index (χ1) is 6.63. The maximum absolute atomic E-state index is 6.04. The Morgan fingerprint density at radius 1 is 1.57 bits per heavy atom. The van der Waals surface area contributed by atoms with E-state index in [2.05, 4.69) is 21.2 Å².